The number of carbonyl (C=O) groups excluding carboxylic acids is 1. The van der Waals surface area contributed by atoms with Crippen LogP contribution in [0.5, 0.6) is 11.5 Å². The molecule has 0 aromatic heterocycles. The maximum Gasteiger partial charge on any atom is 0.153 e. The average Bonchev–Trinajstić information content (AvgIpc) is 2.29. The summed E-state index contributed by atoms with van der Waals surface area (Å²) in [5, 5.41) is 11.3. The number of benzene rings is 2. The van der Waals surface area contributed by atoms with E-state index >= 15 is 0 Å². The number of phenols is 1. The van der Waals surface area contributed by atoms with Gasteiger partial charge in [-0.1, -0.05) is 12.1 Å². The highest BCUT2D eigenvalue weighted by Crippen LogP contribution is 2.30. The Hall–Kier alpha value is -2.03. The minimum Gasteiger partial charge on any atom is -0.507 e. The second kappa shape index (κ2) is 3.61. The maximum absolute atomic E-state index is 10.6. The molecule has 1 N–H and O–H groups in total. The predicted octanol–water partition coefficient (Wildman–Crippen LogP) is 2.37. The van der Waals surface area contributed by atoms with E-state index in [-0.39, 0.29) is 11.3 Å². The number of hydrogen-bond acceptors (Lipinski definition) is 3. The van der Waals surface area contributed by atoms with Gasteiger partial charge >= 0.3 is 0 Å². The van der Waals surface area contributed by atoms with E-state index in [1.807, 2.05) is 12.1 Å². The first-order valence-corrected chi connectivity index (χ1v) is 4.51. The lowest BCUT2D eigenvalue weighted by Gasteiger charge is -2.05. The largest absolute Gasteiger partial charge is 0.507 e. The smallest absolute Gasteiger partial charge is 0.153 e. The third kappa shape index (κ3) is 1.52. The van der Waals surface area contributed by atoms with E-state index in [0.29, 0.717) is 17.4 Å². The number of carbonyl (C=O) groups is 1. The minimum atomic E-state index is 0.00130. The van der Waals surface area contributed by atoms with E-state index in [9.17, 15) is 9.90 Å². The number of aromatic hydroxyl groups is 1. The van der Waals surface area contributed by atoms with Gasteiger partial charge in [-0.3, -0.25) is 4.79 Å². The second-order valence-electron chi connectivity index (χ2n) is 3.21. The third-order valence-electron chi connectivity index (χ3n) is 2.36. The fraction of sp³-hybridized carbons (Fsp3) is 0.0833. The van der Waals surface area contributed by atoms with Crippen LogP contribution in [0.4, 0.5) is 0 Å². The molecule has 0 fully saturated rings. The van der Waals surface area contributed by atoms with Gasteiger partial charge in [0.2, 0.25) is 0 Å². The Labute approximate surface area is 86.9 Å². The highest BCUT2D eigenvalue weighted by atomic mass is 16.5. The molecular formula is C12H10O3. The zero-order valence-corrected chi connectivity index (χ0v) is 8.23. The quantitative estimate of drug-likeness (QED) is 0.760. The van der Waals surface area contributed by atoms with Gasteiger partial charge in [0, 0.05) is 5.39 Å². The lowest BCUT2D eigenvalue weighted by atomic mass is 10.1. The van der Waals surface area contributed by atoms with Crippen molar-refractivity contribution in [3.63, 3.8) is 0 Å². The van der Waals surface area contributed by atoms with Crippen molar-refractivity contribution in [3.8, 4) is 11.5 Å². The molecule has 0 bridgehead atoms. The Morgan fingerprint density at radius 3 is 2.67 bits per heavy atom. The molecular weight excluding hydrogens is 192 g/mol. The lowest BCUT2D eigenvalue weighted by molar-refractivity contribution is 0.112. The van der Waals surface area contributed by atoms with Crippen LogP contribution in [-0.4, -0.2) is 18.5 Å². The molecule has 0 radical (unpaired) electrons. The van der Waals surface area contributed by atoms with E-state index in [4.69, 9.17) is 4.74 Å². The zero-order chi connectivity index (χ0) is 10.8. The van der Waals surface area contributed by atoms with E-state index in [1.165, 1.54) is 0 Å². The number of aldehydes is 1. The first-order valence-electron chi connectivity index (χ1n) is 4.51. The minimum absolute atomic E-state index is 0.00130. The first kappa shape index (κ1) is 9.52. The van der Waals surface area contributed by atoms with Crippen LogP contribution in [-0.2, 0) is 0 Å². The predicted molar refractivity (Wildman–Crippen MR) is 57.6 cm³/mol. The van der Waals surface area contributed by atoms with Crippen molar-refractivity contribution in [2.24, 2.45) is 0 Å². The summed E-state index contributed by atoms with van der Waals surface area (Å²) >= 11 is 0. The van der Waals surface area contributed by atoms with Crippen LogP contribution in [0.1, 0.15) is 10.4 Å². The Bertz CT molecular complexity index is 518. The van der Waals surface area contributed by atoms with Gasteiger partial charge in [-0.2, -0.15) is 0 Å². The molecule has 15 heavy (non-hydrogen) atoms. The monoisotopic (exact) mass is 202 g/mol. The van der Waals surface area contributed by atoms with Gasteiger partial charge < -0.3 is 9.84 Å². The molecule has 2 aromatic rings. The fourth-order valence-corrected chi connectivity index (χ4v) is 1.52. The van der Waals surface area contributed by atoms with Gasteiger partial charge in [0.05, 0.1) is 12.7 Å². The van der Waals surface area contributed by atoms with Crippen LogP contribution in [0.25, 0.3) is 10.8 Å². The lowest BCUT2D eigenvalue weighted by Crippen LogP contribution is -1.86. The van der Waals surface area contributed by atoms with Gasteiger partial charge in [0.15, 0.2) is 6.29 Å². The molecule has 3 nitrogen and oxygen atoms in total. The molecule has 0 aliphatic rings. The molecule has 2 aromatic carbocycles. The van der Waals surface area contributed by atoms with Crippen LogP contribution in [0.3, 0.4) is 0 Å². The Kier molecular flexibility index (Phi) is 2.29. The summed E-state index contributed by atoms with van der Waals surface area (Å²) in [5.74, 6) is 0.655. The Morgan fingerprint density at radius 1 is 1.27 bits per heavy atom. The molecule has 0 aliphatic carbocycles. The number of rotatable bonds is 2. The van der Waals surface area contributed by atoms with Gasteiger partial charge in [-0.25, -0.2) is 0 Å². The van der Waals surface area contributed by atoms with E-state index < -0.39 is 0 Å². The van der Waals surface area contributed by atoms with Crippen molar-refractivity contribution in [1.29, 1.82) is 0 Å². The molecule has 76 valence electrons. The number of fused-ring (bicyclic) bond motifs is 1. The molecule has 2 rings (SSSR count). The molecule has 0 aliphatic heterocycles. The van der Waals surface area contributed by atoms with Gasteiger partial charge in [0.1, 0.15) is 11.5 Å². The topological polar surface area (TPSA) is 46.5 Å². The van der Waals surface area contributed by atoms with Gasteiger partial charge in [-0.05, 0) is 23.6 Å². The SMILES string of the molecule is COc1ccc2ccc(C=O)c(O)c2c1. The fourth-order valence-electron chi connectivity index (χ4n) is 1.52. The Balaban J connectivity index is 2.77. The molecule has 0 heterocycles. The van der Waals surface area contributed by atoms with Crippen molar-refractivity contribution < 1.29 is 14.6 Å². The van der Waals surface area contributed by atoms with Crippen LogP contribution in [0, 0.1) is 0 Å². The zero-order valence-electron chi connectivity index (χ0n) is 8.23. The van der Waals surface area contributed by atoms with E-state index in [2.05, 4.69) is 0 Å². The summed E-state index contributed by atoms with van der Waals surface area (Å²) in [6.45, 7) is 0. The maximum atomic E-state index is 10.6. The van der Waals surface area contributed by atoms with E-state index in [0.717, 1.165) is 5.39 Å². The van der Waals surface area contributed by atoms with Crippen molar-refractivity contribution in [2.75, 3.05) is 7.11 Å². The van der Waals surface area contributed by atoms with Crippen molar-refractivity contribution in [2.45, 2.75) is 0 Å². The average molecular weight is 202 g/mol. The number of ether oxygens (including phenoxy) is 1. The highest BCUT2D eigenvalue weighted by Gasteiger charge is 2.06. The van der Waals surface area contributed by atoms with Crippen LogP contribution in [0.15, 0.2) is 30.3 Å². The van der Waals surface area contributed by atoms with Crippen molar-refractivity contribution in [1.82, 2.24) is 0 Å². The second-order valence-corrected chi connectivity index (χ2v) is 3.21. The number of phenolic OH excluding ortho intramolecular Hbond substituents is 1. The molecule has 0 saturated carbocycles. The molecule has 0 unspecified atom stereocenters. The summed E-state index contributed by atoms with van der Waals surface area (Å²) in [6, 6.07) is 8.73. The van der Waals surface area contributed by atoms with E-state index in [1.54, 1.807) is 25.3 Å². The summed E-state index contributed by atoms with van der Waals surface area (Å²) in [4.78, 5) is 10.6. The van der Waals surface area contributed by atoms with Crippen molar-refractivity contribution in [3.05, 3.63) is 35.9 Å². The molecule has 0 spiro atoms. The standard InChI is InChI=1S/C12H10O3/c1-15-10-5-4-8-2-3-9(7-13)12(14)11(8)6-10/h2-7,14H,1H3. The van der Waals surface area contributed by atoms with Gasteiger partial charge in [-0.15, -0.1) is 0 Å². The summed E-state index contributed by atoms with van der Waals surface area (Å²) in [7, 11) is 1.56. The molecule has 0 amide bonds. The van der Waals surface area contributed by atoms with Crippen LogP contribution >= 0.6 is 0 Å². The highest BCUT2D eigenvalue weighted by molar-refractivity contribution is 5.96. The summed E-state index contributed by atoms with van der Waals surface area (Å²) < 4.78 is 5.05. The normalized spacial score (nSPS) is 10.2. The first-order chi connectivity index (χ1) is 7.26. The summed E-state index contributed by atoms with van der Waals surface area (Å²) in [5.41, 5.74) is 0.288. The van der Waals surface area contributed by atoms with Crippen molar-refractivity contribution >= 4 is 17.1 Å². The molecule has 0 saturated heterocycles. The Morgan fingerprint density at radius 2 is 2.00 bits per heavy atom. The number of hydrogen-bond donors (Lipinski definition) is 1. The third-order valence-corrected chi connectivity index (χ3v) is 2.36. The van der Waals surface area contributed by atoms with Crippen LogP contribution in [0.2, 0.25) is 0 Å². The van der Waals surface area contributed by atoms with Crippen LogP contribution < -0.4 is 4.74 Å². The summed E-state index contributed by atoms with van der Waals surface area (Å²) in [6.07, 6.45) is 0.633. The molecule has 3 heteroatoms. The molecule has 0 atom stereocenters. The van der Waals surface area contributed by atoms with Gasteiger partial charge in [0.25, 0.3) is 0 Å². The number of methoxy groups -OCH3 is 1.